The van der Waals surface area contributed by atoms with Gasteiger partial charge >= 0.3 is 47.3 Å². The van der Waals surface area contributed by atoms with E-state index in [1.54, 1.807) is 96.7 Å². The Bertz CT molecular complexity index is 4650. The standard InChI is InChI=1S/3C21H27N5O3S.C12H18N2OS.C9H11N3O3/c3*1-4-13-9-14(10-24-18(13)22)25-20(28)21(29)26-11-12(2)5-6-15(26)16-7-8-17(30-16)19(27)23-3;1-8-3-4-9(14-7-8)10-5-6-11(16-10)12(15)13-2;1-2-5-3-6(4-11-7(5)10)12-8(13)9(14)15/h3*7-10,12,15H,4-6,11H2,1-3H3,(H2,22,24)(H,23,27)(H,25,28);5-6,8-9,14H,3-4,7H2,1-2H3,(H,13,15);3-4H,2H2,1H3,(H2,10,11)(H,12,13)(H,14,15)/t3*12-,15+;8-,9+;/m1101./s1. The molecule has 4 fully saturated rings. The van der Waals surface area contributed by atoms with Crippen LogP contribution in [0.15, 0.2) is 97.6 Å². The lowest BCUT2D eigenvalue weighted by molar-refractivity contribution is -0.147. The number of rotatable bonds is 16. The van der Waals surface area contributed by atoms with Crippen LogP contribution in [0, 0.1) is 23.7 Å². The minimum atomic E-state index is -1.54. The number of carboxylic acid groups (broad SMARTS) is 1. The zero-order valence-electron chi connectivity index (χ0n) is 70.1. The highest BCUT2D eigenvalue weighted by molar-refractivity contribution is 7.15. The molecule has 11 amide bonds. The maximum Gasteiger partial charge on any atom is 0.394 e. The van der Waals surface area contributed by atoms with Gasteiger partial charge in [0.25, 0.3) is 23.6 Å². The number of carbonyl (C=O) groups excluding carboxylic acids is 11. The molecule has 0 spiro atoms. The first-order chi connectivity index (χ1) is 57.7. The van der Waals surface area contributed by atoms with Gasteiger partial charge in [0.2, 0.25) is 0 Å². The van der Waals surface area contributed by atoms with Crippen LogP contribution in [0.5, 0.6) is 0 Å². The van der Waals surface area contributed by atoms with Gasteiger partial charge in [-0.2, -0.15) is 0 Å². The third kappa shape index (κ3) is 25.9. The number of hydrogen-bond donors (Lipinski definition) is 14. The van der Waals surface area contributed by atoms with Gasteiger partial charge in [0.1, 0.15) is 23.3 Å². The van der Waals surface area contributed by atoms with Crippen molar-refractivity contribution in [1.82, 2.24) is 61.2 Å². The lowest BCUT2D eigenvalue weighted by Crippen LogP contribution is -2.46. The molecule has 4 saturated heterocycles. The molecule has 0 unspecified atom stereocenters. The van der Waals surface area contributed by atoms with Crippen molar-refractivity contribution in [2.24, 2.45) is 23.7 Å². The monoisotopic (exact) mass is 1730 g/mol. The van der Waals surface area contributed by atoms with E-state index in [1.807, 2.05) is 52.0 Å². The number of likely N-dealkylation sites (tertiary alicyclic amines) is 3. The van der Waals surface area contributed by atoms with Crippen LogP contribution in [0.25, 0.3) is 0 Å². The lowest BCUT2D eigenvalue weighted by Gasteiger charge is -2.37. The maximum absolute atomic E-state index is 13.0. The van der Waals surface area contributed by atoms with Crippen LogP contribution in [0.3, 0.4) is 0 Å². The van der Waals surface area contributed by atoms with E-state index in [-0.39, 0.29) is 41.8 Å². The van der Waals surface area contributed by atoms with Crippen molar-refractivity contribution in [3.63, 3.8) is 0 Å². The van der Waals surface area contributed by atoms with E-state index in [1.165, 1.54) is 76.5 Å². The zero-order chi connectivity index (χ0) is 88.5. The Morgan fingerprint density at radius 1 is 0.380 bits per heavy atom. The first-order valence-electron chi connectivity index (χ1n) is 40.1. The van der Waals surface area contributed by atoms with Crippen molar-refractivity contribution in [3.05, 3.63) is 159 Å². The van der Waals surface area contributed by atoms with E-state index in [9.17, 15) is 57.5 Å². The maximum atomic E-state index is 13.0. The minimum absolute atomic E-state index is 0.0143. The highest BCUT2D eigenvalue weighted by Crippen LogP contribution is 2.41. The summed E-state index contributed by atoms with van der Waals surface area (Å²) in [5.41, 5.74) is 27.8. The zero-order valence-corrected chi connectivity index (χ0v) is 73.4. The molecule has 12 rings (SSSR count). The Morgan fingerprint density at radius 3 is 0.884 bits per heavy atom. The van der Waals surface area contributed by atoms with Crippen LogP contribution in [-0.4, -0.2) is 165 Å². The summed E-state index contributed by atoms with van der Waals surface area (Å²) < 4.78 is 0. The summed E-state index contributed by atoms with van der Waals surface area (Å²) in [6.07, 6.45) is 15.9. The van der Waals surface area contributed by atoms with E-state index in [0.29, 0.717) is 130 Å². The van der Waals surface area contributed by atoms with Crippen molar-refractivity contribution in [3.8, 4) is 0 Å². The summed E-state index contributed by atoms with van der Waals surface area (Å²) in [5, 5.41) is 32.5. The summed E-state index contributed by atoms with van der Waals surface area (Å²) in [6, 6.07) is 21.4. The van der Waals surface area contributed by atoms with Crippen LogP contribution in [0.4, 0.5) is 46.0 Å². The molecule has 8 aromatic rings. The average Bonchev–Trinajstić information content (AvgIpc) is 1.81. The number of carboxylic acids is 1. The lowest BCUT2D eigenvalue weighted by atomic mass is 9.93. The molecule has 121 heavy (non-hydrogen) atoms. The number of aryl methyl sites for hydroxylation is 4. The van der Waals surface area contributed by atoms with Crippen LogP contribution < -0.4 is 70.8 Å². The number of aliphatic carboxylic acids is 1. The van der Waals surface area contributed by atoms with Gasteiger partial charge in [0.15, 0.2) is 0 Å². The van der Waals surface area contributed by atoms with Gasteiger partial charge in [-0.05, 0) is 202 Å². The molecule has 0 aliphatic carbocycles. The SMILES string of the molecule is CCc1cc(NC(=O)C(=O)N2C[C@@H](C)CC[C@@H]2c2ccc(C(=O)NC)s2)cnc1N.CCc1cc(NC(=O)C(=O)N2C[C@H](C)CC[C@H]2c2ccc(C(=O)NC)s2)cnc1N.CCc1cc(NC(=O)C(=O)N2C[C@H](C)CC[C@H]2c2ccc(C(=O)NC)s2)cnc1N.CCc1cc(NC(=O)C(=O)O)cnc1N.CNC(=O)c1ccc([C@@H]2CC[C@@H](C)CN2)s1. The highest BCUT2D eigenvalue weighted by atomic mass is 32.1. The van der Waals surface area contributed by atoms with Crippen LogP contribution in [-0.2, 0) is 64.0 Å². The smallest absolute Gasteiger partial charge is 0.394 e. The molecule has 0 aromatic carbocycles. The quantitative estimate of drug-likeness (QED) is 0.0400. The molecule has 12 heterocycles. The molecule has 648 valence electrons. The summed E-state index contributed by atoms with van der Waals surface area (Å²) >= 11 is 5.66. The summed E-state index contributed by atoms with van der Waals surface area (Å²) in [4.78, 5) is 173. The Hall–Kier alpha value is -11.8. The predicted octanol–water partition coefficient (Wildman–Crippen LogP) is 10.2. The molecule has 8 atom stereocenters. The van der Waals surface area contributed by atoms with Crippen LogP contribution in [0.1, 0.15) is 211 Å². The third-order valence-electron chi connectivity index (χ3n) is 20.9. The number of piperidine rings is 4. The van der Waals surface area contributed by atoms with Gasteiger partial charge in [-0.25, -0.2) is 24.7 Å². The number of amides is 11. The number of nitrogens with two attached hydrogens (primary N) is 4. The van der Waals surface area contributed by atoms with Crippen molar-refractivity contribution >= 4 is 162 Å². The Balaban J connectivity index is 0.000000193. The number of thiophene rings is 4. The largest absolute Gasteiger partial charge is 0.474 e. The van der Waals surface area contributed by atoms with Gasteiger partial charge in [-0.1, -0.05) is 55.4 Å². The molecule has 0 saturated carbocycles. The molecule has 8 aromatic heterocycles. The van der Waals surface area contributed by atoms with E-state index in [0.717, 1.165) is 92.7 Å². The number of anilines is 8. The Kier molecular flexibility index (Phi) is 35.2. The van der Waals surface area contributed by atoms with Crippen molar-refractivity contribution < 1.29 is 62.6 Å². The van der Waals surface area contributed by atoms with Crippen LogP contribution in [0.2, 0.25) is 0 Å². The molecule has 33 nitrogen and oxygen atoms in total. The van der Waals surface area contributed by atoms with Crippen LogP contribution >= 0.6 is 45.3 Å². The van der Waals surface area contributed by atoms with Gasteiger partial charge < -0.3 is 90.6 Å². The second kappa shape index (κ2) is 45.0. The average molecular weight is 1740 g/mol. The summed E-state index contributed by atoms with van der Waals surface area (Å²) in [7, 11) is 6.42. The van der Waals surface area contributed by atoms with E-state index >= 15 is 0 Å². The number of aromatic nitrogens is 4. The molecule has 0 radical (unpaired) electrons. The number of nitrogens with zero attached hydrogens (tertiary/aromatic N) is 7. The molecular formula is C84H110N20O13S4. The summed E-state index contributed by atoms with van der Waals surface area (Å²) in [5.74, 6) is -3.69. The van der Waals surface area contributed by atoms with E-state index in [2.05, 4.69) is 102 Å². The molecule has 18 N–H and O–H groups in total. The summed E-state index contributed by atoms with van der Waals surface area (Å²) in [6.45, 7) is 18.7. The normalized spacial score (nSPS) is 18.5. The second-order valence-electron chi connectivity index (χ2n) is 29.8. The highest BCUT2D eigenvalue weighted by Gasteiger charge is 2.39. The first kappa shape index (κ1) is 94.7. The number of nitrogens with one attached hydrogen (secondary N) is 9. The fourth-order valence-corrected chi connectivity index (χ4v) is 18.4. The fourth-order valence-electron chi connectivity index (χ4n) is 14.0. The minimum Gasteiger partial charge on any atom is -0.474 e. The van der Waals surface area contributed by atoms with Crippen molar-refractivity contribution in [2.75, 3.05) is 98.6 Å². The molecular weight excluding hydrogens is 1630 g/mol. The van der Waals surface area contributed by atoms with Crippen molar-refractivity contribution in [1.29, 1.82) is 0 Å². The number of carbonyl (C=O) groups is 12. The molecule has 37 heteroatoms. The van der Waals surface area contributed by atoms with Gasteiger partial charge in [-0.15, -0.1) is 45.3 Å². The van der Waals surface area contributed by atoms with Gasteiger partial charge in [0.05, 0.1) is 85.2 Å². The number of nitrogen functional groups attached to an aromatic ring is 4. The topological polar surface area (TPSA) is 499 Å². The fraction of sp³-hybridized carbons (Fsp3) is 0.429. The number of hydrogen-bond acceptors (Lipinski definition) is 25. The van der Waals surface area contributed by atoms with Gasteiger partial charge in [-0.3, -0.25) is 52.7 Å². The first-order valence-corrected chi connectivity index (χ1v) is 43.4. The van der Waals surface area contributed by atoms with E-state index < -0.39 is 47.3 Å². The number of pyridine rings is 4. The van der Waals surface area contributed by atoms with Gasteiger partial charge in [0, 0.05) is 73.4 Å². The Labute approximate surface area is 719 Å². The second-order valence-corrected chi connectivity index (χ2v) is 34.3. The predicted molar refractivity (Wildman–Crippen MR) is 473 cm³/mol. The van der Waals surface area contributed by atoms with E-state index in [4.69, 9.17) is 28.0 Å². The third-order valence-corrected chi connectivity index (χ3v) is 25.6. The van der Waals surface area contributed by atoms with Crippen molar-refractivity contribution in [2.45, 2.75) is 157 Å². The molecule has 4 aliphatic rings. The molecule has 4 aliphatic heterocycles. The molecule has 0 bridgehead atoms. The Morgan fingerprint density at radius 2 is 0.636 bits per heavy atom.